The Kier molecular flexibility index (Phi) is 3.90. The standard InChI is InChI=1S/C12H14Cl2O/c13-11-4-2-1-3-9(11)7-10-8-15-6-5-12(10)14/h1-4,10,12H,5-8H2. The summed E-state index contributed by atoms with van der Waals surface area (Å²) in [5, 5.41) is 1.04. The van der Waals surface area contributed by atoms with Gasteiger partial charge in [0.15, 0.2) is 0 Å². The van der Waals surface area contributed by atoms with Crippen LogP contribution in [-0.4, -0.2) is 18.6 Å². The summed E-state index contributed by atoms with van der Waals surface area (Å²) in [7, 11) is 0. The molecule has 2 rings (SSSR count). The van der Waals surface area contributed by atoms with E-state index in [0.717, 1.165) is 31.1 Å². The minimum Gasteiger partial charge on any atom is -0.381 e. The van der Waals surface area contributed by atoms with Crippen molar-refractivity contribution in [2.24, 2.45) is 5.92 Å². The molecule has 1 aliphatic heterocycles. The van der Waals surface area contributed by atoms with E-state index in [-0.39, 0.29) is 5.38 Å². The predicted molar refractivity (Wildman–Crippen MR) is 63.7 cm³/mol. The molecule has 1 aromatic carbocycles. The van der Waals surface area contributed by atoms with Gasteiger partial charge in [-0.2, -0.15) is 0 Å². The van der Waals surface area contributed by atoms with Crippen molar-refractivity contribution in [3.8, 4) is 0 Å². The van der Waals surface area contributed by atoms with Crippen LogP contribution in [0.3, 0.4) is 0 Å². The molecular weight excluding hydrogens is 231 g/mol. The van der Waals surface area contributed by atoms with Crippen molar-refractivity contribution in [1.29, 1.82) is 0 Å². The average Bonchev–Trinajstić information content (AvgIpc) is 2.24. The first kappa shape index (κ1) is 11.3. The molecule has 0 saturated carbocycles. The highest BCUT2D eigenvalue weighted by atomic mass is 35.5. The van der Waals surface area contributed by atoms with Crippen molar-refractivity contribution in [3.63, 3.8) is 0 Å². The molecule has 1 aromatic rings. The van der Waals surface area contributed by atoms with Crippen LogP contribution >= 0.6 is 23.2 Å². The Labute approximate surface area is 100 Å². The average molecular weight is 245 g/mol. The van der Waals surface area contributed by atoms with E-state index in [0.29, 0.717) is 5.92 Å². The second-order valence-electron chi connectivity index (χ2n) is 3.94. The van der Waals surface area contributed by atoms with Crippen LogP contribution in [0.2, 0.25) is 5.02 Å². The molecule has 82 valence electrons. The first-order valence-corrected chi connectivity index (χ1v) is 6.04. The van der Waals surface area contributed by atoms with Crippen molar-refractivity contribution in [2.75, 3.05) is 13.2 Å². The van der Waals surface area contributed by atoms with Crippen LogP contribution in [0, 0.1) is 5.92 Å². The van der Waals surface area contributed by atoms with Gasteiger partial charge in [0.05, 0.1) is 6.61 Å². The Morgan fingerprint density at radius 3 is 2.87 bits per heavy atom. The van der Waals surface area contributed by atoms with E-state index in [1.165, 1.54) is 5.56 Å². The Morgan fingerprint density at radius 1 is 1.33 bits per heavy atom. The molecule has 1 fully saturated rings. The summed E-state index contributed by atoms with van der Waals surface area (Å²) < 4.78 is 5.44. The molecule has 2 atom stereocenters. The summed E-state index contributed by atoms with van der Waals surface area (Å²) in [5.74, 6) is 0.389. The minimum absolute atomic E-state index is 0.218. The van der Waals surface area contributed by atoms with E-state index in [1.54, 1.807) is 0 Å². The van der Waals surface area contributed by atoms with Crippen molar-refractivity contribution in [3.05, 3.63) is 34.9 Å². The molecule has 1 heterocycles. The molecule has 3 heteroatoms. The second kappa shape index (κ2) is 5.20. The first-order valence-electron chi connectivity index (χ1n) is 5.22. The van der Waals surface area contributed by atoms with E-state index in [2.05, 4.69) is 6.07 Å². The number of rotatable bonds is 2. The SMILES string of the molecule is Clc1ccccc1CC1COCCC1Cl. The summed E-state index contributed by atoms with van der Waals surface area (Å²) in [4.78, 5) is 0. The highest BCUT2D eigenvalue weighted by Gasteiger charge is 2.24. The molecule has 0 bridgehead atoms. The molecule has 15 heavy (non-hydrogen) atoms. The lowest BCUT2D eigenvalue weighted by Crippen LogP contribution is -2.29. The Balaban J connectivity index is 2.04. The molecule has 1 nitrogen and oxygen atoms in total. The van der Waals surface area contributed by atoms with Gasteiger partial charge in [0, 0.05) is 22.9 Å². The van der Waals surface area contributed by atoms with Gasteiger partial charge in [-0.3, -0.25) is 0 Å². The van der Waals surface area contributed by atoms with Crippen LogP contribution in [0.4, 0.5) is 0 Å². The maximum Gasteiger partial charge on any atom is 0.0511 e. The van der Waals surface area contributed by atoms with Crippen LogP contribution in [0.5, 0.6) is 0 Å². The van der Waals surface area contributed by atoms with Gasteiger partial charge in [-0.05, 0) is 24.5 Å². The van der Waals surface area contributed by atoms with Crippen molar-refractivity contribution in [1.82, 2.24) is 0 Å². The van der Waals surface area contributed by atoms with Crippen molar-refractivity contribution < 1.29 is 4.74 Å². The monoisotopic (exact) mass is 244 g/mol. The molecule has 0 N–H and O–H groups in total. The zero-order chi connectivity index (χ0) is 10.7. The molecule has 0 aliphatic carbocycles. The number of benzene rings is 1. The van der Waals surface area contributed by atoms with Gasteiger partial charge in [0.1, 0.15) is 0 Å². The Hall–Kier alpha value is -0.240. The minimum atomic E-state index is 0.218. The van der Waals surface area contributed by atoms with E-state index >= 15 is 0 Å². The van der Waals surface area contributed by atoms with Crippen LogP contribution in [0.1, 0.15) is 12.0 Å². The number of ether oxygens (including phenoxy) is 1. The fourth-order valence-electron chi connectivity index (χ4n) is 1.90. The van der Waals surface area contributed by atoms with Crippen LogP contribution in [0.25, 0.3) is 0 Å². The lowest BCUT2D eigenvalue weighted by Gasteiger charge is -2.27. The molecule has 0 aromatic heterocycles. The predicted octanol–water partition coefficient (Wildman–Crippen LogP) is 3.53. The number of alkyl halides is 1. The zero-order valence-electron chi connectivity index (χ0n) is 8.46. The van der Waals surface area contributed by atoms with Gasteiger partial charge in [-0.25, -0.2) is 0 Å². The van der Waals surface area contributed by atoms with Crippen LogP contribution in [0.15, 0.2) is 24.3 Å². The van der Waals surface area contributed by atoms with E-state index in [4.69, 9.17) is 27.9 Å². The van der Waals surface area contributed by atoms with Gasteiger partial charge in [-0.1, -0.05) is 29.8 Å². The summed E-state index contributed by atoms with van der Waals surface area (Å²) in [6.45, 7) is 1.53. The van der Waals surface area contributed by atoms with Gasteiger partial charge in [0.25, 0.3) is 0 Å². The van der Waals surface area contributed by atoms with Crippen LogP contribution in [-0.2, 0) is 11.2 Å². The van der Waals surface area contributed by atoms with E-state index in [9.17, 15) is 0 Å². The van der Waals surface area contributed by atoms with E-state index in [1.807, 2.05) is 18.2 Å². The third-order valence-electron chi connectivity index (χ3n) is 2.82. The van der Waals surface area contributed by atoms with Gasteiger partial charge < -0.3 is 4.74 Å². The maximum atomic E-state index is 6.26. The third kappa shape index (κ3) is 2.87. The second-order valence-corrected chi connectivity index (χ2v) is 4.90. The largest absolute Gasteiger partial charge is 0.381 e. The molecule has 1 aliphatic rings. The van der Waals surface area contributed by atoms with E-state index < -0.39 is 0 Å². The normalized spacial score (nSPS) is 26.5. The number of hydrogen-bond donors (Lipinski definition) is 0. The summed E-state index contributed by atoms with van der Waals surface area (Å²) in [6.07, 6.45) is 1.85. The smallest absolute Gasteiger partial charge is 0.0511 e. The fourth-order valence-corrected chi connectivity index (χ4v) is 2.37. The van der Waals surface area contributed by atoms with Gasteiger partial charge in [0.2, 0.25) is 0 Å². The highest BCUT2D eigenvalue weighted by Crippen LogP contribution is 2.26. The Bertz CT molecular complexity index is 327. The molecule has 1 saturated heterocycles. The fraction of sp³-hybridized carbons (Fsp3) is 0.500. The molecule has 0 amide bonds. The quantitative estimate of drug-likeness (QED) is 0.724. The summed E-state index contributed by atoms with van der Waals surface area (Å²) in [6, 6.07) is 7.93. The molecular formula is C12H14Cl2O. The first-order chi connectivity index (χ1) is 7.27. The van der Waals surface area contributed by atoms with Crippen LogP contribution < -0.4 is 0 Å². The third-order valence-corrected chi connectivity index (χ3v) is 3.76. The van der Waals surface area contributed by atoms with Gasteiger partial charge in [-0.15, -0.1) is 11.6 Å². The summed E-state index contributed by atoms with van der Waals surface area (Å²) in [5.41, 5.74) is 1.17. The lowest BCUT2D eigenvalue weighted by atomic mass is 9.94. The maximum absolute atomic E-state index is 6.26. The van der Waals surface area contributed by atoms with Gasteiger partial charge >= 0.3 is 0 Å². The lowest BCUT2D eigenvalue weighted by molar-refractivity contribution is 0.0578. The Morgan fingerprint density at radius 2 is 2.13 bits per heavy atom. The van der Waals surface area contributed by atoms with Crippen molar-refractivity contribution >= 4 is 23.2 Å². The molecule has 0 spiro atoms. The zero-order valence-corrected chi connectivity index (χ0v) is 9.97. The molecule has 2 unspecified atom stereocenters. The van der Waals surface area contributed by atoms with Crippen molar-refractivity contribution in [2.45, 2.75) is 18.2 Å². The molecule has 0 radical (unpaired) electrons. The topological polar surface area (TPSA) is 9.23 Å². The highest BCUT2D eigenvalue weighted by molar-refractivity contribution is 6.31. The number of hydrogen-bond acceptors (Lipinski definition) is 1. The summed E-state index contributed by atoms with van der Waals surface area (Å²) >= 11 is 12.4. The number of halogens is 2.